The van der Waals surface area contributed by atoms with Crippen LogP contribution in [0.25, 0.3) is 11.2 Å². The van der Waals surface area contributed by atoms with E-state index >= 15 is 0 Å². The molecule has 6 nitrogen and oxygen atoms in total. The van der Waals surface area contributed by atoms with Crippen molar-refractivity contribution in [2.24, 2.45) is 5.92 Å². The fraction of sp³-hybridized carbons (Fsp3) is 0.312. The first kappa shape index (κ1) is 14.3. The molecule has 3 rings (SSSR count). The minimum absolute atomic E-state index is 0.381. The second-order valence-electron chi connectivity index (χ2n) is 5.79. The van der Waals surface area contributed by atoms with Crippen molar-refractivity contribution in [2.75, 3.05) is 0 Å². The van der Waals surface area contributed by atoms with Crippen LogP contribution in [0.4, 0.5) is 0 Å². The molecule has 0 aliphatic carbocycles. The largest absolute Gasteiger partial charge is 0.330 e. The zero-order valence-corrected chi connectivity index (χ0v) is 12.6. The Balaban J connectivity index is 2.16. The van der Waals surface area contributed by atoms with E-state index in [1.807, 2.05) is 30.3 Å². The highest BCUT2D eigenvalue weighted by Gasteiger charge is 2.14. The Hall–Kier alpha value is -2.63. The second-order valence-corrected chi connectivity index (χ2v) is 5.79. The number of nitrogens with zero attached hydrogens (tertiary/aromatic N) is 3. The summed E-state index contributed by atoms with van der Waals surface area (Å²) in [6.45, 7) is 5.20. The van der Waals surface area contributed by atoms with Gasteiger partial charge in [-0.15, -0.1) is 0 Å². The zero-order chi connectivity index (χ0) is 15.7. The number of benzene rings is 1. The lowest BCUT2D eigenvalue weighted by Gasteiger charge is -2.09. The van der Waals surface area contributed by atoms with Crippen molar-refractivity contribution in [3.05, 3.63) is 63.1 Å². The summed E-state index contributed by atoms with van der Waals surface area (Å²) in [6.07, 6.45) is 1.63. The average Bonchev–Trinajstić information content (AvgIpc) is 2.88. The van der Waals surface area contributed by atoms with Crippen LogP contribution in [0, 0.1) is 5.92 Å². The van der Waals surface area contributed by atoms with Gasteiger partial charge in [-0.25, -0.2) is 9.78 Å². The third-order valence-electron chi connectivity index (χ3n) is 3.50. The lowest BCUT2D eigenvalue weighted by molar-refractivity contribution is 0.531. The summed E-state index contributed by atoms with van der Waals surface area (Å²) in [5.74, 6) is 0.381. The predicted molar refractivity (Wildman–Crippen MR) is 85.0 cm³/mol. The number of imidazole rings is 1. The molecule has 0 bridgehead atoms. The van der Waals surface area contributed by atoms with E-state index in [4.69, 9.17) is 0 Å². The van der Waals surface area contributed by atoms with Crippen LogP contribution < -0.4 is 11.2 Å². The third-order valence-corrected chi connectivity index (χ3v) is 3.50. The Morgan fingerprint density at radius 1 is 1.18 bits per heavy atom. The third kappa shape index (κ3) is 2.59. The molecule has 0 radical (unpaired) electrons. The van der Waals surface area contributed by atoms with Gasteiger partial charge in [0, 0.05) is 6.54 Å². The number of nitrogens with one attached hydrogen (secondary N) is 1. The maximum Gasteiger partial charge on any atom is 0.330 e. The zero-order valence-electron chi connectivity index (χ0n) is 12.6. The SMILES string of the molecule is CC(C)Cn1cnc2c1c(=O)[nH]c(=O)n2Cc1ccccc1. The molecule has 1 aromatic carbocycles. The highest BCUT2D eigenvalue weighted by atomic mass is 16.2. The van der Waals surface area contributed by atoms with Crippen molar-refractivity contribution >= 4 is 11.2 Å². The van der Waals surface area contributed by atoms with E-state index in [9.17, 15) is 9.59 Å². The summed E-state index contributed by atoms with van der Waals surface area (Å²) in [4.78, 5) is 31.0. The first-order chi connectivity index (χ1) is 10.6. The molecule has 0 spiro atoms. The van der Waals surface area contributed by atoms with Crippen molar-refractivity contribution in [3.8, 4) is 0 Å². The molecular weight excluding hydrogens is 280 g/mol. The standard InChI is InChI=1S/C16H18N4O2/c1-11(2)8-19-10-17-14-13(19)15(21)18-16(22)20(14)9-12-6-4-3-5-7-12/h3-7,10-11H,8-9H2,1-2H3,(H,18,21,22). The summed E-state index contributed by atoms with van der Waals surface area (Å²) in [7, 11) is 0. The molecule has 0 unspecified atom stereocenters. The van der Waals surface area contributed by atoms with Crippen molar-refractivity contribution in [1.82, 2.24) is 19.1 Å². The fourth-order valence-corrected chi connectivity index (χ4v) is 2.57. The molecule has 22 heavy (non-hydrogen) atoms. The van der Waals surface area contributed by atoms with Crippen LogP contribution in [0.1, 0.15) is 19.4 Å². The molecule has 0 aliphatic rings. The van der Waals surface area contributed by atoms with Gasteiger partial charge in [0.1, 0.15) is 0 Å². The molecule has 0 saturated carbocycles. The number of aromatic amines is 1. The van der Waals surface area contributed by atoms with Gasteiger partial charge in [0.2, 0.25) is 0 Å². The lowest BCUT2D eigenvalue weighted by atomic mass is 10.2. The van der Waals surface area contributed by atoms with Gasteiger partial charge in [-0.2, -0.15) is 0 Å². The molecule has 3 aromatic rings. The lowest BCUT2D eigenvalue weighted by Crippen LogP contribution is -2.31. The van der Waals surface area contributed by atoms with E-state index in [1.54, 1.807) is 10.9 Å². The normalized spacial score (nSPS) is 11.4. The van der Waals surface area contributed by atoms with E-state index in [-0.39, 0.29) is 5.56 Å². The summed E-state index contributed by atoms with van der Waals surface area (Å²) in [5.41, 5.74) is 1.04. The van der Waals surface area contributed by atoms with Gasteiger partial charge in [0.05, 0.1) is 12.9 Å². The van der Waals surface area contributed by atoms with E-state index in [0.717, 1.165) is 5.56 Å². The highest BCUT2D eigenvalue weighted by molar-refractivity contribution is 5.70. The van der Waals surface area contributed by atoms with Crippen LogP contribution in [-0.2, 0) is 13.1 Å². The molecule has 1 N–H and O–H groups in total. The van der Waals surface area contributed by atoms with E-state index in [2.05, 4.69) is 23.8 Å². The molecule has 0 fully saturated rings. The molecule has 0 saturated heterocycles. The van der Waals surface area contributed by atoms with Crippen molar-refractivity contribution in [1.29, 1.82) is 0 Å². The van der Waals surface area contributed by atoms with Crippen LogP contribution in [0.2, 0.25) is 0 Å². The van der Waals surface area contributed by atoms with Crippen molar-refractivity contribution in [3.63, 3.8) is 0 Å². The van der Waals surface area contributed by atoms with Gasteiger partial charge < -0.3 is 4.57 Å². The fourth-order valence-electron chi connectivity index (χ4n) is 2.57. The number of H-pyrrole nitrogens is 1. The van der Waals surface area contributed by atoms with Gasteiger partial charge in [0.15, 0.2) is 11.2 Å². The Morgan fingerprint density at radius 2 is 1.91 bits per heavy atom. The summed E-state index contributed by atoms with van der Waals surface area (Å²) in [6, 6.07) is 9.64. The van der Waals surface area contributed by atoms with Crippen LogP contribution in [0.5, 0.6) is 0 Å². The van der Waals surface area contributed by atoms with Gasteiger partial charge in [-0.1, -0.05) is 44.2 Å². The van der Waals surface area contributed by atoms with Crippen LogP contribution in [0.3, 0.4) is 0 Å². The summed E-state index contributed by atoms with van der Waals surface area (Å²) >= 11 is 0. The highest BCUT2D eigenvalue weighted by Crippen LogP contribution is 2.10. The van der Waals surface area contributed by atoms with Gasteiger partial charge in [-0.05, 0) is 11.5 Å². The van der Waals surface area contributed by atoms with Crippen LogP contribution in [-0.4, -0.2) is 19.1 Å². The molecule has 0 atom stereocenters. The van der Waals surface area contributed by atoms with Crippen molar-refractivity contribution in [2.45, 2.75) is 26.9 Å². The van der Waals surface area contributed by atoms with E-state index < -0.39 is 5.69 Å². The Morgan fingerprint density at radius 3 is 2.59 bits per heavy atom. The van der Waals surface area contributed by atoms with Gasteiger partial charge >= 0.3 is 5.69 Å². The minimum Gasteiger partial charge on any atom is -0.324 e. The molecule has 0 aliphatic heterocycles. The van der Waals surface area contributed by atoms with E-state index in [0.29, 0.717) is 30.2 Å². The monoisotopic (exact) mass is 298 g/mol. The van der Waals surface area contributed by atoms with Crippen LogP contribution >= 0.6 is 0 Å². The second kappa shape index (κ2) is 5.63. The topological polar surface area (TPSA) is 72.7 Å². The number of hydrogen-bond acceptors (Lipinski definition) is 3. The maximum atomic E-state index is 12.1. The predicted octanol–water partition coefficient (Wildman–Crippen LogP) is 1.59. The number of aromatic nitrogens is 4. The molecule has 2 heterocycles. The number of rotatable bonds is 4. The maximum absolute atomic E-state index is 12.1. The van der Waals surface area contributed by atoms with Gasteiger partial charge in [-0.3, -0.25) is 14.3 Å². The summed E-state index contributed by atoms with van der Waals surface area (Å²) < 4.78 is 3.31. The molecule has 0 amide bonds. The van der Waals surface area contributed by atoms with Crippen molar-refractivity contribution < 1.29 is 0 Å². The first-order valence-corrected chi connectivity index (χ1v) is 7.28. The molecule has 114 valence electrons. The number of fused-ring (bicyclic) bond motifs is 1. The Labute approximate surface area is 127 Å². The first-order valence-electron chi connectivity index (χ1n) is 7.28. The Bertz CT molecular complexity index is 903. The minimum atomic E-state index is -0.434. The summed E-state index contributed by atoms with van der Waals surface area (Å²) in [5, 5.41) is 0. The van der Waals surface area contributed by atoms with E-state index in [1.165, 1.54) is 4.57 Å². The quantitative estimate of drug-likeness (QED) is 0.795. The number of hydrogen-bond donors (Lipinski definition) is 1. The molecule has 6 heteroatoms. The van der Waals surface area contributed by atoms with Crippen LogP contribution in [0.15, 0.2) is 46.2 Å². The molecule has 2 aromatic heterocycles. The Kier molecular flexibility index (Phi) is 3.66. The van der Waals surface area contributed by atoms with Gasteiger partial charge in [0.25, 0.3) is 5.56 Å². The smallest absolute Gasteiger partial charge is 0.324 e. The average molecular weight is 298 g/mol. The molecular formula is C16H18N4O2.